The predicted octanol–water partition coefficient (Wildman–Crippen LogP) is 4.63. The van der Waals surface area contributed by atoms with Gasteiger partial charge >= 0.3 is 13.5 Å². The van der Waals surface area contributed by atoms with Crippen LogP contribution in [0.1, 0.15) is 32.3 Å². The summed E-state index contributed by atoms with van der Waals surface area (Å²) in [7, 11) is -3.77. The molecule has 43 heavy (non-hydrogen) atoms. The van der Waals surface area contributed by atoms with E-state index in [2.05, 4.69) is 25.4 Å². The van der Waals surface area contributed by atoms with Crippen LogP contribution >= 0.6 is 7.52 Å². The van der Waals surface area contributed by atoms with E-state index in [1.54, 1.807) is 30.6 Å². The van der Waals surface area contributed by atoms with Crippen LogP contribution in [-0.4, -0.2) is 57.1 Å². The number of rotatable bonds is 16. The number of nitrogens with one attached hydrogen (secondary N) is 2. The highest BCUT2D eigenvalue weighted by molar-refractivity contribution is 7.57. The molecule has 0 aliphatic heterocycles. The Kier molecular flexibility index (Phi) is 9.91. The third-order valence-electron chi connectivity index (χ3n) is 6.61. The van der Waals surface area contributed by atoms with Crippen LogP contribution in [-0.2, 0) is 31.8 Å². The van der Waals surface area contributed by atoms with E-state index in [-0.39, 0.29) is 37.8 Å². The van der Waals surface area contributed by atoms with E-state index in [1.165, 1.54) is 0 Å². The minimum absolute atomic E-state index is 0.150. The van der Waals surface area contributed by atoms with Crippen LogP contribution in [0.25, 0.3) is 11.2 Å². The Morgan fingerprint density at radius 2 is 1.81 bits per heavy atom. The van der Waals surface area contributed by atoms with E-state index in [0.29, 0.717) is 35.3 Å². The van der Waals surface area contributed by atoms with Gasteiger partial charge in [-0.2, -0.15) is 9.97 Å². The lowest BCUT2D eigenvalue weighted by atomic mass is 10.1. The number of aromatic nitrogens is 4. The number of nitrogens with zero attached hydrogens (tertiary/aromatic N) is 4. The van der Waals surface area contributed by atoms with Gasteiger partial charge in [0.25, 0.3) is 0 Å². The topological polar surface area (TPSA) is 156 Å². The Morgan fingerprint density at radius 1 is 1.09 bits per heavy atom. The molecule has 1 aliphatic rings. The van der Waals surface area contributed by atoms with Gasteiger partial charge in [-0.25, -0.2) is 10.1 Å². The average Bonchev–Trinajstić information content (AvgIpc) is 3.72. The van der Waals surface area contributed by atoms with Crippen molar-refractivity contribution in [2.24, 2.45) is 5.92 Å². The molecule has 1 unspecified atom stereocenters. The van der Waals surface area contributed by atoms with Gasteiger partial charge < -0.3 is 29.6 Å². The number of benzene rings is 2. The van der Waals surface area contributed by atoms with Crippen molar-refractivity contribution in [2.45, 2.75) is 51.7 Å². The molecule has 0 amide bonds. The molecule has 228 valence electrons. The van der Waals surface area contributed by atoms with E-state index >= 15 is 0 Å². The molecule has 1 aliphatic carbocycles. The molecule has 0 spiro atoms. The number of carbonyl (C=O) groups is 1. The van der Waals surface area contributed by atoms with Gasteiger partial charge in [-0.1, -0.05) is 62.4 Å². The number of nitrogens with two attached hydrogens (primary N) is 1. The van der Waals surface area contributed by atoms with Crippen molar-refractivity contribution in [3.8, 4) is 5.75 Å². The minimum Gasteiger partial charge on any atom is -0.464 e. The molecular formula is C30H38N7O5P. The predicted molar refractivity (Wildman–Crippen MR) is 165 cm³/mol. The molecule has 2 heterocycles. The van der Waals surface area contributed by atoms with E-state index in [9.17, 15) is 9.36 Å². The molecule has 1 saturated carbocycles. The highest BCUT2D eigenvalue weighted by Crippen LogP contribution is 2.44. The molecular weight excluding hydrogens is 569 g/mol. The first-order valence-corrected chi connectivity index (χ1v) is 16.2. The maximum Gasteiger partial charge on any atom is 0.342 e. The summed E-state index contributed by atoms with van der Waals surface area (Å²) < 4.78 is 33.5. The van der Waals surface area contributed by atoms with Crippen LogP contribution in [0, 0.1) is 5.92 Å². The maximum atomic E-state index is 14.3. The Balaban J connectivity index is 1.29. The Morgan fingerprint density at radius 3 is 2.51 bits per heavy atom. The second kappa shape index (κ2) is 14.0. The summed E-state index contributed by atoms with van der Waals surface area (Å²) in [5.41, 5.74) is 8.06. The number of carbonyl (C=O) groups excluding carboxylic acids is 1. The molecule has 4 N–H and O–H groups in total. The number of hydrogen-bond acceptors (Lipinski definition) is 10. The molecule has 12 nitrogen and oxygen atoms in total. The minimum atomic E-state index is -3.77. The van der Waals surface area contributed by atoms with Crippen molar-refractivity contribution in [2.75, 3.05) is 30.6 Å². The number of esters is 1. The molecule has 2 aromatic heterocycles. The van der Waals surface area contributed by atoms with Gasteiger partial charge in [0.05, 0.1) is 19.5 Å². The summed E-state index contributed by atoms with van der Waals surface area (Å²) in [6.07, 6.45) is 3.79. The van der Waals surface area contributed by atoms with Crippen LogP contribution in [0.2, 0.25) is 0 Å². The largest absolute Gasteiger partial charge is 0.464 e. The molecule has 0 saturated heterocycles. The zero-order valence-electron chi connectivity index (χ0n) is 24.4. The van der Waals surface area contributed by atoms with Crippen LogP contribution in [0.15, 0.2) is 67.0 Å². The summed E-state index contributed by atoms with van der Waals surface area (Å²) >= 11 is 0. The monoisotopic (exact) mass is 607 g/mol. The van der Waals surface area contributed by atoms with Crippen LogP contribution in [0.3, 0.4) is 0 Å². The second-order valence-electron chi connectivity index (χ2n) is 11.0. The highest BCUT2D eigenvalue weighted by atomic mass is 31.2. The third kappa shape index (κ3) is 8.76. The lowest BCUT2D eigenvalue weighted by molar-refractivity contribution is -0.146. The molecule has 2 aromatic carbocycles. The Labute approximate surface area is 250 Å². The normalized spacial score (nSPS) is 15.2. The van der Waals surface area contributed by atoms with E-state index in [0.717, 1.165) is 18.4 Å². The van der Waals surface area contributed by atoms with Crippen molar-refractivity contribution < 1.29 is 23.4 Å². The fourth-order valence-electron chi connectivity index (χ4n) is 4.35. The van der Waals surface area contributed by atoms with Crippen molar-refractivity contribution in [1.82, 2.24) is 24.6 Å². The number of hydrogen-bond donors (Lipinski definition) is 3. The Hall–Kier alpha value is -3.99. The van der Waals surface area contributed by atoms with Crippen molar-refractivity contribution in [3.05, 3.63) is 72.6 Å². The smallest absolute Gasteiger partial charge is 0.342 e. The van der Waals surface area contributed by atoms with Crippen LogP contribution in [0.4, 0.5) is 11.8 Å². The summed E-state index contributed by atoms with van der Waals surface area (Å²) in [4.78, 5) is 26.3. The number of fused-ring (bicyclic) bond motifs is 1. The van der Waals surface area contributed by atoms with Crippen molar-refractivity contribution >= 4 is 36.4 Å². The highest BCUT2D eigenvalue weighted by Gasteiger charge is 2.34. The summed E-state index contributed by atoms with van der Waals surface area (Å²) in [5.74, 6) is 0.796. The SMILES string of the molecule is CC(C)COC(=O)[C@H](Cc1ccccc1)NP(=O)(COCCn1cnc2c(NC3CC3)nc(N)nc21)Oc1ccccc1. The fourth-order valence-corrected chi connectivity index (χ4v) is 6.04. The third-order valence-corrected chi connectivity index (χ3v) is 8.35. The van der Waals surface area contributed by atoms with E-state index in [4.69, 9.17) is 19.7 Å². The van der Waals surface area contributed by atoms with Gasteiger partial charge in [0.15, 0.2) is 17.0 Å². The number of imidazole rings is 1. The first-order valence-electron chi connectivity index (χ1n) is 14.4. The first kappa shape index (κ1) is 30.5. The standard InChI is InChI=1S/C30H38N7O5P/c1-21(2)18-41-29(38)25(17-22-9-5-3-6-10-22)36-43(39,42-24-11-7-4-8-12-24)20-40-16-15-37-19-32-26-27(33-23-13-14-23)34-30(31)35-28(26)37/h3-12,19,21,23,25H,13-18,20H2,1-2H3,(H,36,39)(H3,31,33,34,35)/t25-,43?/m0/s1. The second-order valence-corrected chi connectivity index (χ2v) is 13.0. The van der Waals surface area contributed by atoms with Gasteiger partial charge in [0.1, 0.15) is 18.1 Å². The average molecular weight is 608 g/mol. The van der Waals surface area contributed by atoms with Crippen molar-refractivity contribution in [1.29, 1.82) is 0 Å². The zero-order valence-corrected chi connectivity index (χ0v) is 25.3. The molecule has 5 rings (SSSR count). The molecule has 2 atom stereocenters. The van der Waals surface area contributed by atoms with Crippen LogP contribution < -0.4 is 20.7 Å². The number of nitrogen functional groups attached to an aromatic ring is 1. The molecule has 13 heteroatoms. The van der Waals surface area contributed by atoms with Gasteiger partial charge in [0.2, 0.25) is 5.95 Å². The lowest BCUT2D eigenvalue weighted by Crippen LogP contribution is -2.40. The first-order chi connectivity index (χ1) is 20.8. The van der Waals surface area contributed by atoms with E-state index < -0.39 is 19.5 Å². The molecule has 0 radical (unpaired) electrons. The van der Waals surface area contributed by atoms with Gasteiger partial charge in [0, 0.05) is 12.6 Å². The molecule has 1 fully saturated rings. The number of para-hydroxylation sites is 1. The van der Waals surface area contributed by atoms with Crippen molar-refractivity contribution in [3.63, 3.8) is 0 Å². The van der Waals surface area contributed by atoms with Gasteiger partial charge in [-0.15, -0.1) is 0 Å². The summed E-state index contributed by atoms with van der Waals surface area (Å²) in [6.45, 7) is 4.70. The Bertz CT molecular complexity index is 1550. The summed E-state index contributed by atoms with van der Waals surface area (Å²) in [6, 6.07) is 17.7. The fraction of sp³-hybridized carbons (Fsp3) is 0.400. The number of ether oxygens (including phenoxy) is 2. The van der Waals surface area contributed by atoms with Crippen LogP contribution in [0.5, 0.6) is 5.75 Å². The molecule has 4 aromatic rings. The summed E-state index contributed by atoms with van der Waals surface area (Å²) in [5, 5.41) is 6.33. The maximum absolute atomic E-state index is 14.3. The quantitative estimate of drug-likeness (QED) is 0.0927. The van der Waals surface area contributed by atoms with Gasteiger partial charge in [-0.05, 0) is 42.9 Å². The van der Waals surface area contributed by atoms with Gasteiger partial charge in [-0.3, -0.25) is 9.36 Å². The zero-order chi connectivity index (χ0) is 30.2. The molecule has 0 bridgehead atoms. The lowest BCUT2D eigenvalue weighted by Gasteiger charge is -2.26. The number of anilines is 2. The van der Waals surface area contributed by atoms with E-state index in [1.807, 2.05) is 54.8 Å².